The summed E-state index contributed by atoms with van der Waals surface area (Å²) >= 11 is -6.65. The summed E-state index contributed by atoms with van der Waals surface area (Å²) in [5.74, 6) is 0. The first kappa shape index (κ1) is 20.9. The molecule has 0 amide bonds. The molecule has 0 saturated heterocycles. The van der Waals surface area contributed by atoms with Gasteiger partial charge in [0.15, 0.2) is 0 Å². The van der Waals surface area contributed by atoms with Crippen LogP contribution in [0.1, 0.15) is 0 Å². The van der Waals surface area contributed by atoms with Crippen molar-refractivity contribution in [3.05, 3.63) is 0 Å². The molecule has 0 aromatic heterocycles. The Hall–Kier alpha value is 0.853. The van der Waals surface area contributed by atoms with Gasteiger partial charge in [-0.15, -0.1) is 0 Å². The van der Waals surface area contributed by atoms with E-state index in [1.165, 1.54) is 0 Å². The van der Waals surface area contributed by atoms with Crippen LogP contribution < -0.4 is 47.7 Å². The Bertz CT molecular complexity index is 255. The summed E-state index contributed by atoms with van der Waals surface area (Å²) in [5.41, 5.74) is 4.88. The normalized spacial score (nSPS) is 14.7. The molecule has 0 saturated carbocycles. The number of rotatable bonds is 9. The quantitative estimate of drug-likeness (QED) is 0.332. The number of halogens is 3. The standard InChI is InChI=1S/C2H6Cl3GeNO13/c7-1-2-17-6(18-3(8,9)10,19-4(11,12)13)20-5(14,15)16/h1-2,7H2. The molecule has 0 heterocycles. The second-order valence-corrected chi connectivity index (χ2v) is 10.9. The molecule has 0 aliphatic rings. The van der Waals surface area contributed by atoms with Gasteiger partial charge in [0.1, 0.15) is 0 Å². The zero-order valence-electron chi connectivity index (χ0n) is 8.93. The van der Waals surface area contributed by atoms with Gasteiger partial charge in [-0.05, 0) is 0 Å². The van der Waals surface area contributed by atoms with Gasteiger partial charge in [0.2, 0.25) is 0 Å². The molecular weight excluding hydrogens is 425 g/mol. The van der Waals surface area contributed by atoms with E-state index in [9.17, 15) is 41.9 Å². The Morgan fingerprint density at radius 3 is 1.20 bits per heavy atom. The first-order chi connectivity index (χ1) is 8.68. The molecule has 20 heavy (non-hydrogen) atoms. The van der Waals surface area contributed by atoms with Crippen molar-refractivity contribution < 1.29 is 86.4 Å². The van der Waals surface area contributed by atoms with Gasteiger partial charge >= 0.3 is 120 Å². The fourth-order valence-electron chi connectivity index (χ4n) is 0.634. The van der Waals surface area contributed by atoms with Gasteiger partial charge in [-0.1, -0.05) is 0 Å². The topological polar surface area (TPSA) is 270 Å². The van der Waals surface area contributed by atoms with E-state index in [1.807, 2.05) is 0 Å². The van der Waals surface area contributed by atoms with E-state index < -0.39 is 58.5 Å². The van der Waals surface area contributed by atoms with Crippen molar-refractivity contribution in [3.8, 4) is 0 Å². The van der Waals surface area contributed by atoms with Gasteiger partial charge in [0, 0.05) is 0 Å². The zero-order chi connectivity index (χ0) is 16.2. The SMILES string of the molecule is NCC[O][Ge]([O][Cl+3]([O-])([O-])[O-])([O][Cl+3]([O-])([O-])[O-])[O][Cl+3]([O-])([O-])[O-]. The first-order valence-electron chi connectivity index (χ1n) is 3.87. The summed E-state index contributed by atoms with van der Waals surface area (Å²) < 4.78 is 107. The molecule has 0 fully saturated rings. The van der Waals surface area contributed by atoms with Crippen molar-refractivity contribution in [2.75, 3.05) is 13.2 Å². The molecule has 0 rings (SSSR count). The van der Waals surface area contributed by atoms with Crippen molar-refractivity contribution in [2.45, 2.75) is 0 Å². The molecule has 0 aliphatic heterocycles. The Morgan fingerprint density at radius 2 is 1.00 bits per heavy atom. The third kappa shape index (κ3) is 10.6. The van der Waals surface area contributed by atoms with E-state index in [-0.39, 0.29) is 0 Å². The molecule has 0 aromatic carbocycles. The van der Waals surface area contributed by atoms with Crippen LogP contribution in [0.15, 0.2) is 0 Å². The van der Waals surface area contributed by atoms with Crippen molar-refractivity contribution in [1.82, 2.24) is 0 Å². The summed E-state index contributed by atoms with van der Waals surface area (Å²) in [7, 11) is -16.7. The van der Waals surface area contributed by atoms with Gasteiger partial charge < -0.3 is 0 Å². The van der Waals surface area contributed by atoms with Crippen LogP contribution in [0.25, 0.3) is 0 Å². The summed E-state index contributed by atoms with van der Waals surface area (Å²) in [6.07, 6.45) is 0. The molecule has 0 aliphatic carbocycles. The third-order valence-corrected chi connectivity index (χ3v) is 10.4. The molecule has 0 bridgehead atoms. The maximum absolute atomic E-state index is 10.4. The second kappa shape index (κ2) is 7.41. The van der Waals surface area contributed by atoms with Crippen molar-refractivity contribution in [3.63, 3.8) is 0 Å². The third-order valence-electron chi connectivity index (χ3n) is 0.964. The van der Waals surface area contributed by atoms with Crippen LogP contribution in [0, 0.1) is 30.7 Å². The molecular formula is C2H6Cl3GeNO13. The number of hydrogen-bond donors (Lipinski definition) is 1. The molecule has 0 radical (unpaired) electrons. The monoisotopic (exact) mass is 431 g/mol. The fraction of sp³-hybridized carbons (Fsp3) is 1.00. The van der Waals surface area contributed by atoms with Gasteiger partial charge in [0.05, 0.1) is 0 Å². The maximum atomic E-state index is 10.4. The molecule has 0 atom stereocenters. The second-order valence-electron chi connectivity index (χ2n) is 2.50. The van der Waals surface area contributed by atoms with Crippen LogP contribution >= 0.6 is 0 Å². The fourth-order valence-corrected chi connectivity index (χ4v) is 9.08. The molecule has 122 valence electrons. The summed E-state index contributed by atoms with van der Waals surface area (Å²) in [6.45, 7) is -1.36. The van der Waals surface area contributed by atoms with E-state index in [0.29, 0.717) is 0 Å². The van der Waals surface area contributed by atoms with E-state index >= 15 is 0 Å². The van der Waals surface area contributed by atoms with Crippen LogP contribution in [-0.2, 0) is 13.7 Å². The van der Waals surface area contributed by atoms with Crippen molar-refractivity contribution >= 4 is 14.6 Å². The summed E-state index contributed by atoms with van der Waals surface area (Å²) in [6, 6.07) is 0. The average Bonchev–Trinajstić information content (AvgIpc) is 2.05. The molecule has 0 spiro atoms. The summed E-state index contributed by atoms with van der Waals surface area (Å²) in [5, 5.41) is 0. The predicted octanol–water partition coefficient (Wildman–Crippen LogP) is -11.9. The minimum atomic E-state index is -6.65. The Balaban J connectivity index is 5.38. The van der Waals surface area contributed by atoms with E-state index in [2.05, 4.69) is 13.7 Å². The zero-order valence-corrected chi connectivity index (χ0v) is 13.3. The predicted molar refractivity (Wildman–Crippen MR) is 24.0 cm³/mol. The first-order valence-corrected chi connectivity index (χ1v) is 11.0. The van der Waals surface area contributed by atoms with Crippen LogP contribution in [-0.4, -0.2) is 27.8 Å². The molecule has 0 aromatic rings. The van der Waals surface area contributed by atoms with E-state index in [4.69, 9.17) is 5.73 Å². The van der Waals surface area contributed by atoms with E-state index in [0.717, 1.165) is 0 Å². The van der Waals surface area contributed by atoms with E-state index in [1.54, 1.807) is 0 Å². The van der Waals surface area contributed by atoms with Gasteiger partial charge in [-0.2, -0.15) is 0 Å². The van der Waals surface area contributed by atoms with Crippen LogP contribution in [0.5, 0.6) is 0 Å². The Labute approximate surface area is 120 Å². The molecule has 14 nitrogen and oxygen atoms in total. The average molecular weight is 431 g/mol. The Morgan fingerprint density at radius 1 is 0.700 bits per heavy atom. The van der Waals surface area contributed by atoms with Crippen LogP contribution in [0.4, 0.5) is 0 Å². The van der Waals surface area contributed by atoms with Crippen LogP contribution in [0.3, 0.4) is 0 Å². The number of nitrogens with two attached hydrogens (primary N) is 1. The van der Waals surface area contributed by atoms with Gasteiger partial charge in [-0.25, -0.2) is 0 Å². The van der Waals surface area contributed by atoms with Crippen molar-refractivity contribution in [1.29, 1.82) is 0 Å². The minimum absolute atomic E-state index is 0.496. The van der Waals surface area contributed by atoms with Gasteiger partial charge in [-0.3, -0.25) is 0 Å². The molecule has 2 N–H and O–H groups in total. The Kier molecular flexibility index (Phi) is 7.73. The molecule has 18 heteroatoms. The van der Waals surface area contributed by atoms with Crippen molar-refractivity contribution in [2.24, 2.45) is 5.73 Å². The van der Waals surface area contributed by atoms with Gasteiger partial charge in [0.25, 0.3) is 0 Å². The molecule has 0 unspecified atom stereocenters. The summed E-state index contributed by atoms with van der Waals surface area (Å²) in [4.78, 5) is 0. The number of hydrogen-bond acceptors (Lipinski definition) is 14. The van der Waals surface area contributed by atoms with Crippen LogP contribution in [0.2, 0.25) is 0 Å².